The lowest BCUT2D eigenvalue weighted by Crippen LogP contribution is -2.08. The average Bonchev–Trinajstić information content (AvgIpc) is 2.24. The van der Waals surface area contributed by atoms with Gasteiger partial charge in [-0.05, 0) is 40.0 Å². The van der Waals surface area contributed by atoms with E-state index in [0.29, 0.717) is 24.7 Å². The summed E-state index contributed by atoms with van der Waals surface area (Å²) in [6, 6.07) is 5.59. The molecule has 1 aromatic carbocycles. The lowest BCUT2D eigenvalue weighted by atomic mass is 10.2. The second kappa shape index (κ2) is 6.61. The van der Waals surface area contributed by atoms with Gasteiger partial charge in [-0.2, -0.15) is 0 Å². The summed E-state index contributed by atoms with van der Waals surface area (Å²) in [5.41, 5.74) is 1.00. The van der Waals surface area contributed by atoms with Gasteiger partial charge in [0.15, 0.2) is 0 Å². The summed E-state index contributed by atoms with van der Waals surface area (Å²) in [6.07, 6.45) is 1.71. The molecule has 96 valence electrons. The van der Waals surface area contributed by atoms with Gasteiger partial charge in [0.05, 0.1) is 16.8 Å². The SMILES string of the molecule is CS(=O)(=O)CCCOc1ccc(CCl)cc1Br. The number of hydrogen-bond acceptors (Lipinski definition) is 3. The van der Waals surface area contributed by atoms with E-state index in [-0.39, 0.29) is 5.75 Å². The molecule has 3 nitrogen and oxygen atoms in total. The Kier molecular flexibility index (Phi) is 5.76. The quantitative estimate of drug-likeness (QED) is 0.590. The van der Waals surface area contributed by atoms with Crippen molar-refractivity contribution in [3.8, 4) is 5.75 Å². The highest BCUT2D eigenvalue weighted by Crippen LogP contribution is 2.26. The molecule has 0 fully saturated rings. The molecule has 0 unspecified atom stereocenters. The molecule has 0 spiro atoms. The Balaban J connectivity index is 2.47. The van der Waals surface area contributed by atoms with Crippen LogP contribution in [0.15, 0.2) is 22.7 Å². The van der Waals surface area contributed by atoms with Gasteiger partial charge in [0.1, 0.15) is 15.6 Å². The third-order valence-corrected chi connectivity index (χ3v) is 4.03. The average molecular weight is 342 g/mol. The van der Waals surface area contributed by atoms with Crippen LogP contribution in [0, 0.1) is 0 Å². The van der Waals surface area contributed by atoms with Gasteiger partial charge in [-0.25, -0.2) is 8.42 Å². The van der Waals surface area contributed by atoms with E-state index in [0.717, 1.165) is 10.0 Å². The molecule has 0 radical (unpaired) electrons. The highest BCUT2D eigenvalue weighted by molar-refractivity contribution is 9.10. The summed E-state index contributed by atoms with van der Waals surface area (Å²) in [4.78, 5) is 0. The molecular weight excluding hydrogens is 328 g/mol. The van der Waals surface area contributed by atoms with Crippen molar-refractivity contribution >= 4 is 37.4 Å². The molecule has 0 saturated carbocycles. The Morgan fingerprint density at radius 2 is 2.12 bits per heavy atom. The van der Waals surface area contributed by atoms with Gasteiger partial charge in [-0.1, -0.05) is 6.07 Å². The summed E-state index contributed by atoms with van der Waals surface area (Å²) in [6.45, 7) is 0.381. The number of alkyl halides is 1. The molecule has 6 heteroatoms. The lowest BCUT2D eigenvalue weighted by Gasteiger charge is -2.08. The molecule has 0 amide bonds. The smallest absolute Gasteiger partial charge is 0.147 e. The Hall–Kier alpha value is -0.260. The molecule has 0 heterocycles. The van der Waals surface area contributed by atoms with Gasteiger partial charge < -0.3 is 4.74 Å². The monoisotopic (exact) mass is 340 g/mol. The van der Waals surface area contributed by atoms with Crippen molar-refractivity contribution in [3.63, 3.8) is 0 Å². The van der Waals surface area contributed by atoms with Gasteiger partial charge in [-0.3, -0.25) is 0 Å². The van der Waals surface area contributed by atoms with Crippen LogP contribution in [-0.2, 0) is 15.7 Å². The van der Waals surface area contributed by atoms with Crippen LogP contribution < -0.4 is 4.74 Å². The second-order valence-electron chi connectivity index (χ2n) is 3.73. The molecule has 0 aromatic heterocycles. The Labute approximate surface area is 115 Å². The van der Waals surface area contributed by atoms with Crippen molar-refractivity contribution in [2.24, 2.45) is 0 Å². The van der Waals surface area contributed by atoms with Crippen LogP contribution in [0.5, 0.6) is 5.75 Å². The number of halogens is 2. The first-order chi connectivity index (χ1) is 7.92. The molecule has 0 N–H and O–H groups in total. The van der Waals surface area contributed by atoms with Crippen LogP contribution in [0.1, 0.15) is 12.0 Å². The number of sulfone groups is 1. The van der Waals surface area contributed by atoms with E-state index < -0.39 is 9.84 Å². The maximum atomic E-state index is 10.9. The highest BCUT2D eigenvalue weighted by atomic mass is 79.9. The van der Waals surface area contributed by atoms with E-state index in [9.17, 15) is 8.42 Å². The molecule has 0 aliphatic rings. The predicted molar refractivity (Wildman–Crippen MR) is 73.5 cm³/mol. The second-order valence-corrected chi connectivity index (χ2v) is 7.11. The highest BCUT2D eigenvalue weighted by Gasteiger charge is 2.04. The van der Waals surface area contributed by atoms with Crippen molar-refractivity contribution in [2.75, 3.05) is 18.6 Å². The maximum Gasteiger partial charge on any atom is 0.147 e. The zero-order chi connectivity index (χ0) is 12.9. The molecule has 0 bridgehead atoms. The minimum atomic E-state index is -2.91. The third-order valence-electron chi connectivity index (χ3n) is 2.07. The first kappa shape index (κ1) is 14.8. The zero-order valence-corrected chi connectivity index (χ0v) is 12.6. The van der Waals surface area contributed by atoms with Gasteiger partial charge in [0, 0.05) is 12.1 Å². The summed E-state index contributed by atoms with van der Waals surface area (Å²) in [5.74, 6) is 1.30. The van der Waals surface area contributed by atoms with Crippen molar-refractivity contribution < 1.29 is 13.2 Å². The van der Waals surface area contributed by atoms with Crippen LogP contribution in [0.25, 0.3) is 0 Å². The fourth-order valence-electron chi connectivity index (χ4n) is 1.25. The van der Waals surface area contributed by atoms with E-state index in [2.05, 4.69) is 15.9 Å². The maximum absolute atomic E-state index is 10.9. The molecule has 0 aliphatic heterocycles. The van der Waals surface area contributed by atoms with Gasteiger partial charge in [0.25, 0.3) is 0 Å². The van der Waals surface area contributed by atoms with Gasteiger partial charge in [-0.15, -0.1) is 11.6 Å². The molecule has 1 rings (SSSR count). The Bertz CT molecular complexity index is 474. The van der Waals surface area contributed by atoms with Crippen molar-refractivity contribution in [1.29, 1.82) is 0 Å². The summed E-state index contributed by atoms with van der Waals surface area (Å²) in [7, 11) is -2.91. The normalized spacial score (nSPS) is 11.5. The largest absolute Gasteiger partial charge is 0.492 e. The standard InChI is InChI=1S/C11H14BrClO3S/c1-17(14,15)6-2-5-16-11-4-3-9(8-13)7-10(11)12/h3-4,7H,2,5-6,8H2,1H3. The van der Waals surface area contributed by atoms with E-state index in [4.69, 9.17) is 16.3 Å². The van der Waals surface area contributed by atoms with Crippen LogP contribution >= 0.6 is 27.5 Å². The molecular formula is C11H14BrClO3S. The topological polar surface area (TPSA) is 43.4 Å². The zero-order valence-electron chi connectivity index (χ0n) is 9.45. The fraction of sp³-hybridized carbons (Fsp3) is 0.455. The molecule has 17 heavy (non-hydrogen) atoms. The van der Waals surface area contributed by atoms with Gasteiger partial charge in [0.2, 0.25) is 0 Å². The molecule has 0 saturated heterocycles. The molecule has 0 atom stereocenters. The Morgan fingerprint density at radius 1 is 1.41 bits per heavy atom. The lowest BCUT2D eigenvalue weighted by molar-refractivity contribution is 0.316. The van der Waals surface area contributed by atoms with E-state index >= 15 is 0 Å². The molecule has 0 aliphatic carbocycles. The first-order valence-electron chi connectivity index (χ1n) is 5.07. The van der Waals surface area contributed by atoms with Crippen molar-refractivity contribution in [2.45, 2.75) is 12.3 Å². The number of hydrogen-bond donors (Lipinski definition) is 0. The summed E-state index contributed by atoms with van der Waals surface area (Å²) in [5, 5.41) is 0. The van der Waals surface area contributed by atoms with E-state index in [1.54, 1.807) is 0 Å². The first-order valence-corrected chi connectivity index (χ1v) is 8.46. The number of ether oxygens (including phenoxy) is 1. The third kappa shape index (κ3) is 5.75. The predicted octanol–water partition coefficient (Wildman–Crippen LogP) is 3.00. The number of rotatable bonds is 6. The fourth-order valence-corrected chi connectivity index (χ4v) is 2.60. The summed E-state index contributed by atoms with van der Waals surface area (Å²) < 4.78 is 28.1. The van der Waals surface area contributed by atoms with Crippen LogP contribution in [0.4, 0.5) is 0 Å². The van der Waals surface area contributed by atoms with E-state index in [1.807, 2.05) is 18.2 Å². The van der Waals surface area contributed by atoms with Crippen LogP contribution in [0.2, 0.25) is 0 Å². The van der Waals surface area contributed by atoms with E-state index in [1.165, 1.54) is 6.26 Å². The Morgan fingerprint density at radius 3 is 2.65 bits per heavy atom. The minimum Gasteiger partial charge on any atom is -0.492 e. The van der Waals surface area contributed by atoms with Crippen LogP contribution in [0.3, 0.4) is 0 Å². The van der Waals surface area contributed by atoms with Gasteiger partial charge >= 0.3 is 0 Å². The van der Waals surface area contributed by atoms with Crippen LogP contribution in [-0.4, -0.2) is 27.0 Å². The molecule has 1 aromatic rings. The number of benzene rings is 1. The van der Waals surface area contributed by atoms with Crippen molar-refractivity contribution in [3.05, 3.63) is 28.2 Å². The van der Waals surface area contributed by atoms with Crippen molar-refractivity contribution in [1.82, 2.24) is 0 Å². The summed E-state index contributed by atoms with van der Waals surface area (Å²) >= 11 is 9.08. The minimum absolute atomic E-state index is 0.143.